The lowest BCUT2D eigenvalue weighted by atomic mass is 10.3. The topological polar surface area (TPSA) is 55.1 Å². The van der Waals surface area contributed by atoms with E-state index in [1.54, 1.807) is 0 Å². The summed E-state index contributed by atoms with van der Waals surface area (Å²) in [6, 6.07) is 3.08. The molecule has 1 amide bonds. The quantitative estimate of drug-likeness (QED) is 0.774. The average molecular weight is 272 g/mol. The van der Waals surface area contributed by atoms with Crippen molar-refractivity contribution in [3.05, 3.63) is 29.8 Å². The molecule has 0 spiro atoms. The van der Waals surface area contributed by atoms with Gasteiger partial charge in [0.15, 0.2) is 0 Å². The Morgan fingerprint density at radius 2 is 2.22 bits per heavy atom. The van der Waals surface area contributed by atoms with Crippen molar-refractivity contribution in [2.24, 2.45) is 5.73 Å². The molecular formula is C12H14F2N2OS. The third-order valence-corrected chi connectivity index (χ3v) is 3.78. The van der Waals surface area contributed by atoms with Crippen molar-refractivity contribution in [1.29, 1.82) is 0 Å². The predicted octanol–water partition coefficient (Wildman–Crippen LogP) is 1.66. The summed E-state index contributed by atoms with van der Waals surface area (Å²) in [6.07, 6.45) is 2.06. The molecule has 18 heavy (non-hydrogen) atoms. The van der Waals surface area contributed by atoms with Crippen LogP contribution in [0.4, 0.5) is 8.78 Å². The van der Waals surface area contributed by atoms with Gasteiger partial charge in [0.1, 0.15) is 11.6 Å². The van der Waals surface area contributed by atoms with E-state index in [0.29, 0.717) is 11.8 Å². The first kappa shape index (κ1) is 13.3. The first-order valence-corrected chi connectivity index (χ1v) is 6.68. The number of nitrogens with one attached hydrogen (secondary N) is 1. The third kappa shape index (κ3) is 3.68. The fourth-order valence-electron chi connectivity index (χ4n) is 1.51. The zero-order valence-corrected chi connectivity index (χ0v) is 10.5. The lowest BCUT2D eigenvalue weighted by molar-refractivity contribution is -0.119. The zero-order valence-electron chi connectivity index (χ0n) is 9.66. The Morgan fingerprint density at radius 3 is 2.83 bits per heavy atom. The number of carbonyl (C=O) groups is 1. The van der Waals surface area contributed by atoms with Crippen LogP contribution in [-0.2, 0) is 4.79 Å². The molecule has 98 valence electrons. The molecule has 1 aliphatic carbocycles. The van der Waals surface area contributed by atoms with Gasteiger partial charge in [0.25, 0.3) is 0 Å². The van der Waals surface area contributed by atoms with Gasteiger partial charge in [-0.2, -0.15) is 0 Å². The number of benzene rings is 1. The second-order valence-corrected chi connectivity index (χ2v) is 5.34. The summed E-state index contributed by atoms with van der Waals surface area (Å²) < 4.78 is 26.3. The Labute approximate surface area is 108 Å². The summed E-state index contributed by atoms with van der Waals surface area (Å²) in [5, 5.41) is 3.08. The number of nitrogens with two attached hydrogens (primary N) is 1. The minimum atomic E-state index is -0.509. The maximum atomic E-state index is 13.4. The molecule has 0 saturated heterocycles. The van der Waals surface area contributed by atoms with Crippen molar-refractivity contribution in [1.82, 2.24) is 5.32 Å². The van der Waals surface area contributed by atoms with E-state index in [-0.39, 0.29) is 4.90 Å². The van der Waals surface area contributed by atoms with Gasteiger partial charge in [-0.3, -0.25) is 4.79 Å². The van der Waals surface area contributed by atoms with Crippen LogP contribution in [0.5, 0.6) is 0 Å². The molecule has 2 rings (SSSR count). The van der Waals surface area contributed by atoms with Gasteiger partial charge >= 0.3 is 0 Å². The van der Waals surface area contributed by atoms with Crippen molar-refractivity contribution in [3.8, 4) is 0 Å². The number of rotatable bonds is 6. The summed E-state index contributed by atoms with van der Waals surface area (Å²) in [6.45, 7) is 0. The smallest absolute Gasteiger partial charge is 0.235 e. The Balaban J connectivity index is 1.95. The third-order valence-electron chi connectivity index (χ3n) is 2.66. The lowest BCUT2D eigenvalue weighted by Gasteiger charge is -2.14. The lowest BCUT2D eigenvalue weighted by Crippen LogP contribution is -2.44. The summed E-state index contributed by atoms with van der Waals surface area (Å²) in [7, 11) is 0. The van der Waals surface area contributed by atoms with Crippen LogP contribution < -0.4 is 11.1 Å². The number of carbonyl (C=O) groups excluding carboxylic acids is 1. The molecule has 3 N–H and O–H groups in total. The molecule has 1 aromatic rings. The minimum absolute atomic E-state index is 0.193. The number of hydrogen-bond donors (Lipinski definition) is 2. The highest BCUT2D eigenvalue weighted by atomic mass is 32.2. The van der Waals surface area contributed by atoms with E-state index in [9.17, 15) is 13.6 Å². The van der Waals surface area contributed by atoms with Gasteiger partial charge in [-0.1, -0.05) is 0 Å². The van der Waals surface area contributed by atoms with Crippen LogP contribution in [0.3, 0.4) is 0 Å². The molecule has 0 heterocycles. The number of halogens is 2. The van der Waals surface area contributed by atoms with Crippen LogP contribution in [0.15, 0.2) is 23.1 Å². The number of hydrogen-bond acceptors (Lipinski definition) is 3. The Bertz CT molecular complexity index is 452. The average Bonchev–Trinajstić information content (AvgIpc) is 3.12. The molecule has 1 unspecified atom stereocenters. The van der Waals surface area contributed by atoms with Gasteiger partial charge in [0, 0.05) is 16.7 Å². The van der Waals surface area contributed by atoms with Crippen LogP contribution in [-0.4, -0.2) is 23.7 Å². The molecule has 1 atom stereocenters. The largest absolute Gasteiger partial charge is 0.368 e. The van der Waals surface area contributed by atoms with Crippen LogP contribution in [0.2, 0.25) is 0 Å². The molecular weight excluding hydrogens is 258 g/mol. The van der Waals surface area contributed by atoms with E-state index in [4.69, 9.17) is 5.73 Å². The maximum Gasteiger partial charge on any atom is 0.235 e. The van der Waals surface area contributed by atoms with E-state index >= 15 is 0 Å². The molecule has 1 aromatic carbocycles. The first-order chi connectivity index (χ1) is 8.56. The first-order valence-electron chi connectivity index (χ1n) is 5.69. The van der Waals surface area contributed by atoms with Crippen molar-refractivity contribution in [2.45, 2.75) is 29.8 Å². The van der Waals surface area contributed by atoms with Crippen molar-refractivity contribution in [3.63, 3.8) is 0 Å². The minimum Gasteiger partial charge on any atom is -0.368 e. The molecule has 1 aliphatic rings. The molecule has 0 radical (unpaired) electrons. The van der Waals surface area contributed by atoms with Crippen molar-refractivity contribution < 1.29 is 13.6 Å². The molecule has 1 fully saturated rings. The molecule has 0 aromatic heterocycles. The molecule has 0 aliphatic heterocycles. The predicted molar refractivity (Wildman–Crippen MR) is 66.2 cm³/mol. The Morgan fingerprint density at radius 1 is 1.50 bits per heavy atom. The van der Waals surface area contributed by atoms with Crippen LogP contribution in [0, 0.1) is 11.6 Å². The summed E-state index contributed by atoms with van der Waals surface area (Å²) in [5.41, 5.74) is 5.26. The number of primary amides is 1. The zero-order chi connectivity index (χ0) is 13.1. The fraction of sp³-hybridized carbons (Fsp3) is 0.417. The highest BCUT2D eigenvalue weighted by Gasteiger charge is 2.27. The molecule has 6 heteroatoms. The van der Waals surface area contributed by atoms with Gasteiger partial charge in [0.05, 0.1) is 6.04 Å². The Hall–Kier alpha value is -1.14. The monoisotopic (exact) mass is 272 g/mol. The molecule has 0 bridgehead atoms. The van der Waals surface area contributed by atoms with E-state index in [0.717, 1.165) is 42.8 Å². The van der Waals surface area contributed by atoms with E-state index < -0.39 is 23.6 Å². The van der Waals surface area contributed by atoms with Gasteiger partial charge in [-0.15, -0.1) is 11.8 Å². The summed E-state index contributed by atoms with van der Waals surface area (Å²) in [5.74, 6) is -1.15. The number of amides is 1. The number of thioether (sulfide) groups is 1. The fourth-order valence-corrected chi connectivity index (χ4v) is 2.52. The summed E-state index contributed by atoms with van der Waals surface area (Å²) in [4.78, 5) is 11.4. The van der Waals surface area contributed by atoms with E-state index in [1.165, 1.54) is 0 Å². The maximum absolute atomic E-state index is 13.4. The highest BCUT2D eigenvalue weighted by molar-refractivity contribution is 7.99. The highest BCUT2D eigenvalue weighted by Crippen LogP contribution is 2.25. The van der Waals surface area contributed by atoms with Gasteiger partial charge in [0.2, 0.25) is 5.91 Å². The van der Waals surface area contributed by atoms with E-state index in [2.05, 4.69) is 5.32 Å². The second kappa shape index (κ2) is 5.67. The van der Waals surface area contributed by atoms with Gasteiger partial charge < -0.3 is 11.1 Å². The van der Waals surface area contributed by atoms with Crippen LogP contribution in [0.25, 0.3) is 0 Å². The molecule has 1 saturated carbocycles. The standard InChI is InChI=1S/C12H14F2N2OS/c13-7-1-4-9(14)11(5-7)18-6-10(12(15)17)16-8-2-3-8/h1,4-5,8,10,16H,2-3,6H2,(H2,15,17). The molecule has 3 nitrogen and oxygen atoms in total. The van der Waals surface area contributed by atoms with Crippen LogP contribution in [0.1, 0.15) is 12.8 Å². The van der Waals surface area contributed by atoms with Crippen LogP contribution >= 0.6 is 11.8 Å². The van der Waals surface area contributed by atoms with Gasteiger partial charge in [-0.05, 0) is 31.0 Å². The summed E-state index contributed by atoms with van der Waals surface area (Å²) >= 11 is 1.09. The normalized spacial score (nSPS) is 16.6. The van der Waals surface area contributed by atoms with Crippen molar-refractivity contribution >= 4 is 17.7 Å². The van der Waals surface area contributed by atoms with Crippen molar-refractivity contribution in [2.75, 3.05) is 5.75 Å². The SMILES string of the molecule is NC(=O)C(CSc1cc(F)ccc1F)NC1CC1. The Kier molecular flexibility index (Phi) is 4.19. The van der Waals surface area contributed by atoms with E-state index in [1.807, 2.05) is 0 Å². The van der Waals surface area contributed by atoms with Gasteiger partial charge in [-0.25, -0.2) is 8.78 Å². The second-order valence-electron chi connectivity index (χ2n) is 4.28.